The molecule has 0 aromatic heterocycles. The molecule has 70 valence electrons. The maximum absolute atomic E-state index is 12.8. The van der Waals surface area contributed by atoms with Gasteiger partial charge in [-0.05, 0) is 30.2 Å². The standard InChI is InChI=1S/C9H11FN2O/c1-5-2-3-6(10)4-7(5)8(11)9(12)13/h2-4,8H,11H2,1H3,(H2,12,13). The maximum Gasteiger partial charge on any atom is 0.238 e. The van der Waals surface area contributed by atoms with Gasteiger partial charge in [0.15, 0.2) is 0 Å². The average molecular weight is 182 g/mol. The number of primary amides is 1. The largest absolute Gasteiger partial charge is 0.368 e. The van der Waals surface area contributed by atoms with Gasteiger partial charge in [0.1, 0.15) is 11.9 Å². The van der Waals surface area contributed by atoms with Crippen molar-refractivity contribution in [3.63, 3.8) is 0 Å². The maximum atomic E-state index is 12.8. The molecule has 0 fully saturated rings. The van der Waals surface area contributed by atoms with E-state index < -0.39 is 17.8 Å². The van der Waals surface area contributed by atoms with E-state index in [0.29, 0.717) is 5.56 Å². The van der Waals surface area contributed by atoms with Crippen molar-refractivity contribution in [3.8, 4) is 0 Å². The highest BCUT2D eigenvalue weighted by atomic mass is 19.1. The Morgan fingerprint density at radius 1 is 1.54 bits per heavy atom. The molecule has 0 heterocycles. The first-order valence-corrected chi connectivity index (χ1v) is 3.83. The van der Waals surface area contributed by atoms with Gasteiger partial charge in [-0.15, -0.1) is 0 Å². The van der Waals surface area contributed by atoms with Gasteiger partial charge in [0.25, 0.3) is 0 Å². The van der Waals surface area contributed by atoms with E-state index in [9.17, 15) is 9.18 Å². The molecule has 0 spiro atoms. The topological polar surface area (TPSA) is 69.1 Å². The highest BCUT2D eigenvalue weighted by Crippen LogP contribution is 2.16. The monoisotopic (exact) mass is 182 g/mol. The Kier molecular flexibility index (Phi) is 2.63. The molecule has 1 rings (SSSR count). The number of halogens is 1. The molecular weight excluding hydrogens is 171 g/mol. The van der Waals surface area contributed by atoms with E-state index in [4.69, 9.17) is 11.5 Å². The van der Waals surface area contributed by atoms with Gasteiger partial charge in [0.2, 0.25) is 5.91 Å². The number of hydrogen-bond donors (Lipinski definition) is 2. The van der Waals surface area contributed by atoms with Crippen LogP contribution < -0.4 is 11.5 Å². The van der Waals surface area contributed by atoms with E-state index in [1.54, 1.807) is 13.0 Å². The molecule has 4 heteroatoms. The molecular formula is C9H11FN2O. The summed E-state index contributed by atoms with van der Waals surface area (Å²) in [6.45, 7) is 1.75. The van der Waals surface area contributed by atoms with Crippen LogP contribution in [0.15, 0.2) is 18.2 Å². The molecule has 0 saturated carbocycles. The first kappa shape index (κ1) is 9.67. The van der Waals surface area contributed by atoms with Crippen molar-refractivity contribution >= 4 is 5.91 Å². The lowest BCUT2D eigenvalue weighted by Crippen LogP contribution is -2.28. The fourth-order valence-corrected chi connectivity index (χ4v) is 1.10. The summed E-state index contributed by atoms with van der Waals surface area (Å²) in [5, 5.41) is 0. The third-order valence-corrected chi connectivity index (χ3v) is 1.88. The summed E-state index contributed by atoms with van der Waals surface area (Å²) >= 11 is 0. The Hall–Kier alpha value is -1.42. The average Bonchev–Trinajstić information content (AvgIpc) is 2.08. The van der Waals surface area contributed by atoms with Crippen LogP contribution in [0.5, 0.6) is 0 Å². The van der Waals surface area contributed by atoms with Crippen molar-refractivity contribution in [1.29, 1.82) is 0 Å². The summed E-state index contributed by atoms with van der Waals surface area (Å²) in [7, 11) is 0. The highest BCUT2D eigenvalue weighted by molar-refractivity contribution is 5.81. The molecule has 0 aliphatic carbocycles. The number of amides is 1. The van der Waals surface area contributed by atoms with E-state index in [0.717, 1.165) is 5.56 Å². The fraction of sp³-hybridized carbons (Fsp3) is 0.222. The molecule has 1 atom stereocenters. The van der Waals surface area contributed by atoms with Crippen LogP contribution in [0.3, 0.4) is 0 Å². The van der Waals surface area contributed by atoms with Crippen molar-refractivity contribution in [3.05, 3.63) is 35.1 Å². The zero-order valence-corrected chi connectivity index (χ0v) is 7.25. The molecule has 0 aliphatic rings. The van der Waals surface area contributed by atoms with E-state index in [1.807, 2.05) is 0 Å². The summed E-state index contributed by atoms with van der Waals surface area (Å²) in [6.07, 6.45) is 0. The van der Waals surface area contributed by atoms with Crippen LogP contribution in [0, 0.1) is 12.7 Å². The Labute approximate surface area is 75.5 Å². The number of rotatable bonds is 2. The van der Waals surface area contributed by atoms with Crippen LogP contribution >= 0.6 is 0 Å². The first-order valence-electron chi connectivity index (χ1n) is 3.83. The molecule has 1 aromatic carbocycles. The molecule has 0 radical (unpaired) electrons. The second kappa shape index (κ2) is 3.53. The molecule has 3 nitrogen and oxygen atoms in total. The molecule has 1 amide bonds. The van der Waals surface area contributed by atoms with Gasteiger partial charge in [-0.25, -0.2) is 4.39 Å². The summed E-state index contributed by atoms with van der Waals surface area (Å²) in [4.78, 5) is 10.7. The lowest BCUT2D eigenvalue weighted by molar-refractivity contribution is -0.119. The number of nitrogens with two attached hydrogens (primary N) is 2. The second-order valence-electron chi connectivity index (χ2n) is 2.88. The Balaban J connectivity index is 3.12. The van der Waals surface area contributed by atoms with E-state index in [-0.39, 0.29) is 0 Å². The van der Waals surface area contributed by atoms with Gasteiger partial charge in [0, 0.05) is 0 Å². The predicted octanol–water partition coefficient (Wildman–Crippen LogP) is 0.619. The zero-order chi connectivity index (χ0) is 10.0. The molecule has 1 aromatic rings. The molecule has 13 heavy (non-hydrogen) atoms. The van der Waals surface area contributed by atoms with Crippen molar-refractivity contribution in [1.82, 2.24) is 0 Å². The van der Waals surface area contributed by atoms with Crippen LogP contribution in [0.4, 0.5) is 4.39 Å². The molecule has 0 saturated heterocycles. The predicted molar refractivity (Wildman–Crippen MR) is 47.3 cm³/mol. The fourth-order valence-electron chi connectivity index (χ4n) is 1.10. The molecule has 4 N–H and O–H groups in total. The quantitative estimate of drug-likeness (QED) is 0.703. The third kappa shape index (κ3) is 2.03. The van der Waals surface area contributed by atoms with Gasteiger partial charge >= 0.3 is 0 Å². The number of benzene rings is 1. The summed E-state index contributed by atoms with van der Waals surface area (Å²) in [5.41, 5.74) is 11.7. The van der Waals surface area contributed by atoms with E-state index in [2.05, 4.69) is 0 Å². The number of carbonyl (C=O) groups is 1. The van der Waals surface area contributed by atoms with Crippen molar-refractivity contribution in [2.45, 2.75) is 13.0 Å². The SMILES string of the molecule is Cc1ccc(F)cc1C(N)C(N)=O. The Morgan fingerprint density at radius 2 is 2.15 bits per heavy atom. The van der Waals surface area contributed by atoms with Crippen LogP contribution in [0.1, 0.15) is 17.2 Å². The van der Waals surface area contributed by atoms with Gasteiger partial charge < -0.3 is 11.5 Å². The lowest BCUT2D eigenvalue weighted by atomic mass is 10.0. The molecule has 1 unspecified atom stereocenters. The van der Waals surface area contributed by atoms with Gasteiger partial charge in [-0.3, -0.25) is 4.79 Å². The van der Waals surface area contributed by atoms with Gasteiger partial charge in [-0.1, -0.05) is 6.07 Å². The summed E-state index contributed by atoms with van der Waals surface area (Å²) < 4.78 is 12.8. The highest BCUT2D eigenvalue weighted by Gasteiger charge is 2.14. The number of hydrogen-bond acceptors (Lipinski definition) is 2. The zero-order valence-electron chi connectivity index (χ0n) is 7.25. The van der Waals surface area contributed by atoms with Crippen LogP contribution in [0.25, 0.3) is 0 Å². The minimum atomic E-state index is -0.935. The van der Waals surface area contributed by atoms with Crippen LogP contribution in [-0.2, 0) is 4.79 Å². The van der Waals surface area contributed by atoms with Crippen LogP contribution in [0.2, 0.25) is 0 Å². The van der Waals surface area contributed by atoms with Crippen molar-refractivity contribution in [2.75, 3.05) is 0 Å². The second-order valence-corrected chi connectivity index (χ2v) is 2.88. The number of aryl methyl sites for hydroxylation is 1. The van der Waals surface area contributed by atoms with E-state index in [1.165, 1.54) is 12.1 Å². The Bertz CT molecular complexity index is 338. The van der Waals surface area contributed by atoms with Gasteiger partial charge in [0.05, 0.1) is 0 Å². The van der Waals surface area contributed by atoms with Crippen molar-refractivity contribution < 1.29 is 9.18 Å². The summed E-state index contributed by atoms with van der Waals surface area (Å²) in [5.74, 6) is -1.08. The van der Waals surface area contributed by atoms with Crippen molar-refractivity contribution in [2.24, 2.45) is 11.5 Å². The van der Waals surface area contributed by atoms with Gasteiger partial charge in [-0.2, -0.15) is 0 Å². The Morgan fingerprint density at radius 3 is 2.69 bits per heavy atom. The minimum Gasteiger partial charge on any atom is -0.368 e. The normalized spacial score (nSPS) is 12.5. The summed E-state index contributed by atoms with van der Waals surface area (Å²) in [6, 6.07) is 3.17. The smallest absolute Gasteiger partial charge is 0.238 e. The first-order chi connectivity index (χ1) is 6.02. The van der Waals surface area contributed by atoms with Crippen LogP contribution in [-0.4, -0.2) is 5.91 Å². The molecule has 0 aliphatic heterocycles. The number of carbonyl (C=O) groups excluding carboxylic acids is 1. The lowest BCUT2D eigenvalue weighted by Gasteiger charge is -2.10. The minimum absolute atomic E-state index is 0.419. The molecule has 0 bridgehead atoms. The van der Waals surface area contributed by atoms with E-state index >= 15 is 0 Å². The third-order valence-electron chi connectivity index (χ3n) is 1.88.